The van der Waals surface area contributed by atoms with Crippen LogP contribution in [0.4, 0.5) is 11.4 Å². The summed E-state index contributed by atoms with van der Waals surface area (Å²) in [6.45, 7) is 2.30. The Labute approximate surface area is 157 Å². The average Bonchev–Trinajstić information content (AvgIpc) is 2.63. The van der Waals surface area contributed by atoms with Gasteiger partial charge in [-0.05, 0) is 36.8 Å². The number of para-hydroxylation sites is 2. The van der Waals surface area contributed by atoms with Gasteiger partial charge in [0.25, 0.3) is 5.91 Å². The number of nitrogens with one attached hydrogen (secondary N) is 2. The minimum Gasteiger partial charge on any atom is -0.477 e. The average molecular weight is 374 g/mol. The fourth-order valence-electron chi connectivity index (χ4n) is 2.84. The van der Waals surface area contributed by atoms with Crippen LogP contribution in [0.5, 0.6) is 5.75 Å². The Bertz CT molecular complexity index is 841. The first-order valence-electron chi connectivity index (χ1n) is 8.26. The molecule has 6 nitrogen and oxygen atoms in total. The molecule has 2 amide bonds. The molecule has 0 aromatic heterocycles. The molecule has 0 aliphatic carbocycles. The predicted octanol–water partition coefficient (Wildman–Crippen LogP) is 2.60. The van der Waals surface area contributed by atoms with Crippen LogP contribution in [0.25, 0.3) is 0 Å². The van der Waals surface area contributed by atoms with Crippen molar-refractivity contribution in [3.05, 3.63) is 53.1 Å². The van der Waals surface area contributed by atoms with Crippen LogP contribution in [0.3, 0.4) is 0 Å². The van der Waals surface area contributed by atoms with Crippen LogP contribution in [0.1, 0.15) is 5.56 Å². The first-order chi connectivity index (χ1) is 12.5. The second-order valence-corrected chi connectivity index (χ2v) is 6.51. The second-order valence-electron chi connectivity index (χ2n) is 6.10. The number of amides is 2. The van der Waals surface area contributed by atoms with E-state index in [1.165, 1.54) is 0 Å². The van der Waals surface area contributed by atoms with Gasteiger partial charge in [-0.15, -0.1) is 0 Å². The van der Waals surface area contributed by atoms with Crippen LogP contribution in [-0.2, 0) is 9.59 Å². The van der Waals surface area contributed by atoms with E-state index in [0.29, 0.717) is 16.5 Å². The molecule has 0 saturated carbocycles. The number of anilines is 2. The van der Waals surface area contributed by atoms with Gasteiger partial charge >= 0.3 is 0 Å². The van der Waals surface area contributed by atoms with Crippen LogP contribution < -0.4 is 20.3 Å². The summed E-state index contributed by atoms with van der Waals surface area (Å²) >= 11 is 6.18. The lowest BCUT2D eigenvalue weighted by atomic mass is 10.1. The highest BCUT2D eigenvalue weighted by atomic mass is 35.5. The molecule has 3 rings (SSSR count). The zero-order chi connectivity index (χ0) is 18.7. The largest absolute Gasteiger partial charge is 0.477 e. The molecule has 0 spiro atoms. The van der Waals surface area contributed by atoms with Gasteiger partial charge in [0.15, 0.2) is 6.10 Å². The minimum absolute atomic E-state index is 0.0814. The summed E-state index contributed by atoms with van der Waals surface area (Å²) < 4.78 is 5.74. The van der Waals surface area contributed by atoms with E-state index in [2.05, 4.69) is 10.6 Å². The van der Waals surface area contributed by atoms with E-state index >= 15 is 0 Å². The summed E-state index contributed by atoms with van der Waals surface area (Å²) in [5.41, 5.74) is 2.35. The molecule has 26 heavy (non-hydrogen) atoms. The van der Waals surface area contributed by atoms with Gasteiger partial charge in [-0.25, -0.2) is 0 Å². The number of hydrogen-bond acceptors (Lipinski definition) is 4. The SMILES string of the molecule is CNC(=O)[C@H]1CN(CC(=O)Nc2ccc(C)cc2Cl)c2ccccc2O1. The van der Waals surface area contributed by atoms with Gasteiger partial charge in [-0.1, -0.05) is 29.8 Å². The van der Waals surface area contributed by atoms with Crippen molar-refractivity contribution < 1.29 is 14.3 Å². The highest BCUT2D eigenvalue weighted by molar-refractivity contribution is 6.33. The van der Waals surface area contributed by atoms with Gasteiger partial charge in [0.2, 0.25) is 5.91 Å². The normalized spacial score (nSPS) is 15.7. The van der Waals surface area contributed by atoms with E-state index in [0.717, 1.165) is 11.3 Å². The molecular weight excluding hydrogens is 354 g/mol. The van der Waals surface area contributed by atoms with E-state index in [4.69, 9.17) is 16.3 Å². The Morgan fingerprint density at radius 3 is 2.77 bits per heavy atom. The second kappa shape index (κ2) is 7.66. The fraction of sp³-hybridized carbons (Fsp3) is 0.263. The number of carbonyl (C=O) groups excluding carboxylic acids is 2. The van der Waals surface area contributed by atoms with Crippen LogP contribution in [-0.4, -0.2) is 38.1 Å². The van der Waals surface area contributed by atoms with Crippen molar-refractivity contribution in [3.63, 3.8) is 0 Å². The quantitative estimate of drug-likeness (QED) is 0.864. The van der Waals surface area contributed by atoms with Crippen molar-refractivity contribution in [1.82, 2.24) is 5.32 Å². The highest BCUT2D eigenvalue weighted by Gasteiger charge is 2.31. The van der Waals surface area contributed by atoms with Crippen molar-refractivity contribution in [2.24, 2.45) is 0 Å². The van der Waals surface area contributed by atoms with Crippen molar-refractivity contribution in [2.45, 2.75) is 13.0 Å². The summed E-state index contributed by atoms with van der Waals surface area (Å²) in [4.78, 5) is 26.3. The maximum Gasteiger partial charge on any atom is 0.262 e. The Morgan fingerprint density at radius 1 is 1.27 bits per heavy atom. The molecule has 7 heteroatoms. The molecule has 136 valence electrons. The van der Waals surface area contributed by atoms with Crippen LogP contribution in [0.15, 0.2) is 42.5 Å². The van der Waals surface area contributed by atoms with Gasteiger partial charge in [-0.3, -0.25) is 9.59 Å². The first-order valence-corrected chi connectivity index (χ1v) is 8.64. The van der Waals surface area contributed by atoms with Gasteiger partial charge in [0.1, 0.15) is 5.75 Å². The summed E-state index contributed by atoms with van der Waals surface area (Å²) in [6, 6.07) is 12.8. The maximum absolute atomic E-state index is 12.5. The van der Waals surface area contributed by atoms with Gasteiger partial charge < -0.3 is 20.3 Å². The van der Waals surface area contributed by atoms with Crippen molar-refractivity contribution >= 4 is 34.8 Å². The maximum atomic E-state index is 12.5. The molecule has 1 aliphatic rings. The molecule has 1 atom stereocenters. The summed E-state index contributed by atoms with van der Waals surface area (Å²) in [5, 5.41) is 5.89. The molecule has 0 saturated heterocycles. The lowest BCUT2D eigenvalue weighted by molar-refractivity contribution is -0.127. The number of halogens is 1. The van der Waals surface area contributed by atoms with Crippen molar-refractivity contribution in [3.8, 4) is 5.75 Å². The Kier molecular flexibility index (Phi) is 5.32. The summed E-state index contributed by atoms with van der Waals surface area (Å²) in [6.07, 6.45) is -0.675. The molecule has 0 radical (unpaired) electrons. The highest BCUT2D eigenvalue weighted by Crippen LogP contribution is 2.33. The van der Waals surface area contributed by atoms with E-state index < -0.39 is 6.10 Å². The Hall–Kier alpha value is -2.73. The third-order valence-electron chi connectivity index (χ3n) is 4.13. The number of fused-ring (bicyclic) bond motifs is 1. The van der Waals surface area contributed by atoms with Crippen LogP contribution >= 0.6 is 11.6 Å². The lowest BCUT2D eigenvalue weighted by Gasteiger charge is -2.35. The zero-order valence-electron chi connectivity index (χ0n) is 14.6. The topological polar surface area (TPSA) is 70.7 Å². The number of nitrogens with zero attached hydrogens (tertiary/aromatic N) is 1. The minimum atomic E-state index is -0.675. The third kappa shape index (κ3) is 3.91. The smallest absolute Gasteiger partial charge is 0.262 e. The molecule has 1 heterocycles. The predicted molar refractivity (Wildman–Crippen MR) is 102 cm³/mol. The number of carbonyl (C=O) groups is 2. The number of rotatable bonds is 4. The molecule has 2 N–H and O–H groups in total. The number of benzene rings is 2. The number of hydrogen-bond donors (Lipinski definition) is 2. The molecule has 2 aromatic rings. The number of aryl methyl sites for hydroxylation is 1. The van der Waals surface area contributed by atoms with Gasteiger partial charge in [0.05, 0.1) is 29.5 Å². The van der Waals surface area contributed by atoms with Crippen LogP contribution in [0.2, 0.25) is 5.02 Å². The summed E-state index contributed by atoms with van der Waals surface area (Å²) in [7, 11) is 1.56. The molecule has 1 aliphatic heterocycles. The summed E-state index contributed by atoms with van der Waals surface area (Å²) in [5.74, 6) is 0.128. The lowest BCUT2D eigenvalue weighted by Crippen LogP contribution is -2.50. The molecule has 0 unspecified atom stereocenters. The molecular formula is C19H20ClN3O3. The van der Waals surface area contributed by atoms with E-state index in [1.54, 1.807) is 25.2 Å². The third-order valence-corrected chi connectivity index (χ3v) is 4.45. The van der Waals surface area contributed by atoms with E-state index in [9.17, 15) is 9.59 Å². The van der Waals surface area contributed by atoms with Gasteiger partial charge in [0, 0.05) is 7.05 Å². The zero-order valence-corrected chi connectivity index (χ0v) is 15.3. The molecule has 0 bridgehead atoms. The van der Waals surface area contributed by atoms with Crippen molar-refractivity contribution in [2.75, 3.05) is 30.4 Å². The standard InChI is InChI=1S/C19H20ClN3O3/c1-12-7-8-14(13(20)9-12)22-18(24)11-23-10-17(19(25)21-2)26-16-6-4-3-5-15(16)23/h3-9,17H,10-11H2,1-2H3,(H,21,25)(H,22,24)/t17-/m1/s1. The monoisotopic (exact) mass is 373 g/mol. The Balaban J connectivity index is 1.76. The number of likely N-dealkylation sites (N-methyl/N-ethyl adjacent to an activating group) is 1. The fourth-order valence-corrected chi connectivity index (χ4v) is 3.12. The van der Waals surface area contributed by atoms with Gasteiger partial charge in [-0.2, -0.15) is 0 Å². The van der Waals surface area contributed by atoms with E-state index in [1.807, 2.05) is 36.1 Å². The number of ether oxygens (including phenoxy) is 1. The van der Waals surface area contributed by atoms with Crippen LogP contribution in [0, 0.1) is 6.92 Å². The molecule has 2 aromatic carbocycles. The Morgan fingerprint density at radius 2 is 2.04 bits per heavy atom. The van der Waals surface area contributed by atoms with E-state index in [-0.39, 0.29) is 24.9 Å². The van der Waals surface area contributed by atoms with Crippen molar-refractivity contribution in [1.29, 1.82) is 0 Å². The molecule has 0 fully saturated rings. The first kappa shape index (κ1) is 18.1.